The van der Waals surface area contributed by atoms with Crippen LogP contribution in [0.4, 0.5) is 0 Å². The lowest BCUT2D eigenvalue weighted by atomic mass is 10.3. The van der Waals surface area contributed by atoms with Crippen LogP contribution in [0.2, 0.25) is 0 Å². The van der Waals surface area contributed by atoms with Crippen LogP contribution in [0.15, 0.2) is 18.7 Å². The summed E-state index contributed by atoms with van der Waals surface area (Å²) in [7, 11) is 0. The van der Waals surface area contributed by atoms with E-state index in [4.69, 9.17) is 0 Å². The van der Waals surface area contributed by atoms with Gasteiger partial charge in [0.25, 0.3) is 6.33 Å². The highest BCUT2D eigenvalue weighted by molar-refractivity contribution is 7.92. The predicted octanol–water partition coefficient (Wildman–Crippen LogP) is 2.87. The van der Waals surface area contributed by atoms with Gasteiger partial charge in [0, 0.05) is 5.75 Å². The first-order chi connectivity index (χ1) is 6.86. The molecule has 0 saturated heterocycles. The molecule has 1 heterocycles. The first-order valence-corrected chi connectivity index (χ1v) is 6.51. The zero-order valence-electron chi connectivity index (χ0n) is 9.28. The van der Waals surface area contributed by atoms with E-state index in [9.17, 15) is 0 Å². The molecule has 14 heavy (non-hydrogen) atoms. The molecule has 0 aromatic carbocycles. The van der Waals surface area contributed by atoms with E-state index in [0.29, 0.717) is 0 Å². The standard InChI is InChI=1S/C11H21N2S/c1-3-5-7-12-8-9-13(11-12)14-10-6-4-2/h8-9,11H,3-7,10H2,1-2H3/q+1. The van der Waals surface area contributed by atoms with E-state index in [0.717, 1.165) is 6.54 Å². The van der Waals surface area contributed by atoms with Crippen LogP contribution >= 0.6 is 11.9 Å². The maximum absolute atomic E-state index is 2.27. The Morgan fingerprint density at radius 1 is 1.21 bits per heavy atom. The van der Waals surface area contributed by atoms with Gasteiger partial charge in [0.15, 0.2) is 0 Å². The Hall–Kier alpha value is -0.440. The maximum Gasteiger partial charge on any atom is 0.255 e. The zero-order chi connectivity index (χ0) is 10.2. The van der Waals surface area contributed by atoms with Crippen LogP contribution in [0.1, 0.15) is 39.5 Å². The fraction of sp³-hybridized carbons (Fsp3) is 0.727. The van der Waals surface area contributed by atoms with Crippen LogP contribution in [-0.4, -0.2) is 10.3 Å². The monoisotopic (exact) mass is 213 g/mol. The summed E-state index contributed by atoms with van der Waals surface area (Å²) in [4.78, 5) is 0. The van der Waals surface area contributed by atoms with Crippen LogP contribution in [0.25, 0.3) is 0 Å². The molecular weight excluding hydrogens is 192 g/mol. The molecule has 0 unspecified atom stereocenters. The van der Waals surface area contributed by atoms with Crippen molar-refractivity contribution in [1.82, 2.24) is 4.57 Å². The summed E-state index contributed by atoms with van der Waals surface area (Å²) in [5.74, 6) is 1.22. The molecule has 3 heteroatoms. The van der Waals surface area contributed by atoms with E-state index in [2.05, 4.69) is 41.1 Å². The van der Waals surface area contributed by atoms with Crippen LogP contribution in [-0.2, 0) is 6.54 Å². The molecule has 0 saturated carbocycles. The van der Waals surface area contributed by atoms with E-state index < -0.39 is 0 Å². The smallest absolute Gasteiger partial charge is 0.236 e. The summed E-state index contributed by atoms with van der Waals surface area (Å²) in [6.45, 7) is 5.61. The summed E-state index contributed by atoms with van der Waals surface area (Å²) in [5.41, 5.74) is 0. The highest BCUT2D eigenvalue weighted by Crippen LogP contribution is 2.00. The van der Waals surface area contributed by atoms with Crippen molar-refractivity contribution >= 4 is 11.9 Å². The molecule has 0 fully saturated rings. The lowest BCUT2D eigenvalue weighted by molar-refractivity contribution is -0.493. The van der Waals surface area contributed by atoms with Crippen molar-refractivity contribution in [3.63, 3.8) is 0 Å². The Labute approximate surface area is 91.5 Å². The molecule has 0 aliphatic heterocycles. The summed E-state index contributed by atoms with van der Waals surface area (Å²) in [6, 6.07) is 0. The molecule has 0 aliphatic rings. The number of unbranched alkanes of at least 4 members (excludes halogenated alkanes) is 2. The third-order valence-corrected chi connectivity index (χ3v) is 3.16. The number of aromatic nitrogens is 2. The molecule has 0 bridgehead atoms. The predicted molar refractivity (Wildman–Crippen MR) is 62.3 cm³/mol. The fourth-order valence-corrected chi connectivity index (χ4v) is 2.19. The van der Waals surface area contributed by atoms with E-state index in [1.54, 1.807) is 0 Å². The van der Waals surface area contributed by atoms with E-state index in [1.165, 1.54) is 31.4 Å². The molecular formula is C11H21N2S+. The van der Waals surface area contributed by atoms with Gasteiger partial charge in [-0.3, -0.25) is 0 Å². The van der Waals surface area contributed by atoms with Crippen molar-refractivity contribution in [2.24, 2.45) is 0 Å². The molecule has 2 nitrogen and oxygen atoms in total. The second-order valence-electron chi connectivity index (χ2n) is 3.55. The lowest BCUT2D eigenvalue weighted by Gasteiger charge is -1.93. The molecule has 1 aromatic heterocycles. The Morgan fingerprint density at radius 2 is 2.00 bits per heavy atom. The normalized spacial score (nSPS) is 10.7. The average Bonchev–Trinajstić information content (AvgIpc) is 2.63. The highest BCUT2D eigenvalue weighted by Gasteiger charge is 2.03. The van der Waals surface area contributed by atoms with Gasteiger partial charge in [0.2, 0.25) is 0 Å². The maximum atomic E-state index is 2.27. The molecule has 0 spiro atoms. The number of imidazole rings is 1. The van der Waals surface area contributed by atoms with Gasteiger partial charge < -0.3 is 0 Å². The molecule has 0 N–H and O–H groups in total. The summed E-state index contributed by atoms with van der Waals surface area (Å²) in [6.07, 6.45) is 11.6. The molecule has 0 atom stereocenters. The second-order valence-corrected chi connectivity index (χ2v) is 4.64. The van der Waals surface area contributed by atoms with Crippen molar-refractivity contribution in [2.75, 3.05) is 5.75 Å². The first kappa shape index (κ1) is 11.6. The van der Waals surface area contributed by atoms with Crippen molar-refractivity contribution in [3.05, 3.63) is 18.7 Å². The lowest BCUT2D eigenvalue weighted by Crippen LogP contribution is -2.22. The highest BCUT2D eigenvalue weighted by atomic mass is 32.2. The van der Waals surface area contributed by atoms with Gasteiger partial charge in [-0.2, -0.15) is 3.97 Å². The number of aryl methyl sites for hydroxylation is 1. The third-order valence-electron chi connectivity index (χ3n) is 2.18. The molecule has 80 valence electrons. The van der Waals surface area contributed by atoms with Gasteiger partial charge in [-0.05, 0) is 12.8 Å². The second kappa shape index (κ2) is 6.93. The van der Waals surface area contributed by atoms with Gasteiger partial charge in [-0.25, -0.2) is 4.57 Å². The number of nitrogens with zero attached hydrogens (tertiary/aromatic N) is 2. The van der Waals surface area contributed by atoms with Crippen LogP contribution < -0.4 is 3.97 Å². The van der Waals surface area contributed by atoms with E-state index in [-0.39, 0.29) is 0 Å². The minimum atomic E-state index is 1.15. The number of rotatable bonds is 7. The largest absolute Gasteiger partial charge is 0.255 e. The van der Waals surface area contributed by atoms with Crippen molar-refractivity contribution in [3.8, 4) is 0 Å². The summed E-state index contributed by atoms with van der Waals surface area (Å²) < 4.78 is 4.48. The zero-order valence-corrected chi connectivity index (χ0v) is 10.1. The number of hydrogen-bond acceptors (Lipinski definition) is 1. The molecule has 0 aliphatic carbocycles. The van der Waals surface area contributed by atoms with E-state index >= 15 is 0 Å². The van der Waals surface area contributed by atoms with Crippen LogP contribution in [0.5, 0.6) is 0 Å². The van der Waals surface area contributed by atoms with Crippen LogP contribution in [0, 0.1) is 0 Å². The molecule has 0 radical (unpaired) electrons. The van der Waals surface area contributed by atoms with Crippen molar-refractivity contribution in [1.29, 1.82) is 0 Å². The Kier molecular flexibility index (Phi) is 5.76. The Bertz CT molecular complexity index is 245. The SMILES string of the molecule is CCCCS[n+]1ccn(CCCC)c1. The van der Waals surface area contributed by atoms with Crippen LogP contribution in [0.3, 0.4) is 0 Å². The topological polar surface area (TPSA) is 8.81 Å². The Balaban J connectivity index is 2.27. The van der Waals surface area contributed by atoms with Gasteiger partial charge >= 0.3 is 0 Å². The molecule has 1 rings (SSSR count). The van der Waals surface area contributed by atoms with Crippen molar-refractivity contribution in [2.45, 2.75) is 46.1 Å². The van der Waals surface area contributed by atoms with Crippen molar-refractivity contribution < 1.29 is 3.97 Å². The first-order valence-electron chi connectivity index (χ1n) is 5.57. The van der Waals surface area contributed by atoms with Gasteiger partial charge in [0.05, 0.1) is 18.5 Å². The fourth-order valence-electron chi connectivity index (χ4n) is 1.24. The summed E-state index contributed by atoms with van der Waals surface area (Å²) in [5, 5.41) is 0. The minimum Gasteiger partial charge on any atom is -0.236 e. The summed E-state index contributed by atoms with van der Waals surface area (Å²) >= 11 is 1.90. The molecule has 0 amide bonds. The van der Waals surface area contributed by atoms with Gasteiger partial charge in [-0.15, -0.1) is 0 Å². The molecule has 1 aromatic rings. The average molecular weight is 213 g/mol. The Morgan fingerprint density at radius 3 is 2.71 bits per heavy atom. The number of hydrogen-bond donors (Lipinski definition) is 0. The van der Waals surface area contributed by atoms with E-state index in [1.807, 2.05) is 11.9 Å². The third kappa shape index (κ3) is 4.18. The quantitative estimate of drug-likeness (QED) is 0.500. The van der Waals surface area contributed by atoms with Gasteiger partial charge in [0.1, 0.15) is 12.4 Å². The van der Waals surface area contributed by atoms with Gasteiger partial charge in [-0.1, -0.05) is 26.7 Å². The minimum absolute atomic E-state index is 1.15.